The molecule has 6 rings (SSSR count). The molecule has 0 bridgehead atoms. The van der Waals surface area contributed by atoms with Crippen molar-refractivity contribution in [3.63, 3.8) is 0 Å². The Labute approximate surface area is 284 Å². The number of fused-ring (bicyclic) bond motifs is 1. The Kier molecular flexibility index (Phi) is 9.44. The molecular formula is C40H26F2O8. The summed E-state index contributed by atoms with van der Waals surface area (Å²) in [6.07, 6.45) is 0. The van der Waals surface area contributed by atoms with Gasteiger partial charge in [-0.2, -0.15) is 0 Å². The monoisotopic (exact) mass is 672 g/mol. The molecule has 0 radical (unpaired) electrons. The van der Waals surface area contributed by atoms with Crippen LogP contribution in [0.25, 0.3) is 10.8 Å². The smallest absolute Gasteiger partial charge is 0.346 e. The maximum Gasteiger partial charge on any atom is 0.346 e. The molecule has 0 saturated heterocycles. The number of rotatable bonds is 8. The number of ether oxygens (including phenoxy) is 4. The van der Waals surface area contributed by atoms with Crippen LogP contribution in [-0.4, -0.2) is 23.9 Å². The molecule has 0 fully saturated rings. The van der Waals surface area contributed by atoms with Crippen molar-refractivity contribution in [1.29, 1.82) is 0 Å². The van der Waals surface area contributed by atoms with Crippen molar-refractivity contribution >= 4 is 34.6 Å². The lowest BCUT2D eigenvalue weighted by molar-refractivity contribution is 0.0715. The van der Waals surface area contributed by atoms with Crippen LogP contribution >= 0.6 is 0 Å². The number of aryl methyl sites for hydroxylation is 2. The molecule has 0 amide bonds. The minimum atomic E-state index is -0.996. The highest BCUT2D eigenvalue weighted by atomic mass is 19.1. The molecule has 0 aliphatic rings. The van der Waals surface area contributed by atoms with E-state index >= 15 is 0 Å². The summed E-state index contributed by atoms with van der Waals surface area (Å²) in [4.78, 5) is 50.4. The quantitative estimate of drug-likeness (QED) is 0.117. The van der Waals surface area contributed by atoms with Crippen molar-refractivity contribution in [3.05, 3.63) is 166 Å². The number of carbonyl (C=O) groups is 4. The van der Waals surface area contributed by atoms with Crippen molar-refractivity contribution in [1.82, 2.24) is 0 Å². The van der Waals surface area contributed by atoms with Crippen molar-refractivity contribution in [2.45, 2.75) is 13.8 Å². The topological polar surface area (TPSA) is 105 Å². The zero-order valence-electron chi connectivity index (χ0n) is 26.6. The van der Waals surface area contributed by atoms with Gasteiger partial charge in [0.05, 0.1) is 22.3 Å². The molecule has 0 aromatic heterocycles. The molecule has 0 spiro atoms. The normalized spacial score (nSPS) is 10.7. The van der Waals surface area contributed by atoms with Gasteiger partial charge < -0.3 is 18.9 Å². The fourth-order valence-corrected chi connectivity index (χ4v) is 4.81. The Balaban J connectivity index is 1.10. The van der Waals surface area contributed by atoms with Gasteiger partial charge in [0.2, 0.25) is 0 Å². The van der Waals surface area contributed by atoms with Crippen LogP contribution in [-0.2, 0) is 0 Å². The zero-order valence-corrected chi connectivity index (χ0v) is 26.6. The van der Waals surface area contributed by atoms with Crippen LogP contribution < -0.4 is 18.9 Å². The van der Waals surface area contributed by atoms with E-state index in [1.54, 1.807) is 60.7 Å². The van der Waals surface area contributed by atoms with E-state index in [9.17, 15) is 28.0 Å². The van der Waals surface area contributed by atoms with E-state index in [1.165, 1.54) is 36.4 Å². The lowest BCUT2D eigenvalue weighted by Crippen LogP contribution is -2.12. The molecule has 0 unspecified atom stereocenters. The Hall–Kier alpha value is -6.68. The molecule has 0 N–H and O–H groups in total. The predicted molar refractivity (Wildman–Crippen MR) is 179 cm³/mol. The zero-order chi connectivity index (χ0) is 35.4. The molecular weight excluding hydrogens is 646 g/mol. The average Bonchev–Trinajstić information content (AvgIpc) is 3.08. The molecule has 248 valence electrons. The summed E-state index contributed by atoms with van der Waals surface area (Å²) >= 11 is 0. The first-order valence-electron chi connectivity index (χ1n) is 15.2. The van der Waals surface area contributed by atoms with Crippen LogP contribution in [0.4, 0.5) is 8.78 Å². The second-order valence-electron chi connectivity index (χ2n) is 11.2. The second-order valence-corrected chi connectivity index (χ2v) is 11.2. The Morgan fingerprint density at radius 2 is 0.740 bits per heavy atom. The van der Waals surface area contributed by atoms with E-state index in [-0.39, 0.29) is 45.3 Å². The van der Waals surface area contributed by atoms with Gasteiger partial charge in [-0.3, -0.25) is 0 Å². The van der Waals surface area contributed by atoms with Gasteiger partial charge in [0.1, 0.15) is 34.6 Å². The summed E-state index contributed by atoms with van der Waals surface area (Å²) in [5.74, 6) is -5.29. The summed E-state index contributed by atoms with van der Waals surface area (Å²) in [5.41, 5.74) is 1.72. The first-order valence-corrected chi connectivity index (χ1v) is 15.2. The summed E-state index contributed by atoms with van der Waals surface area (Å²) < 4.78 is 51.0. The highest BCUT2D eigenvalue weighted by molar-refractivity contribution is 5.95. The van der Waals surface area contributed by atoms with E-state index < -0.39 is 35.5 Å². The SMILES string of the molecule is Cc1ccc(C(=O)Oc2ccc(C(=O)Oc3ccc4ccc(OC(=O)c5ccc(OC(=O)c6ccc(C)cc6)cc5F)cc4c3)c(F)c2)cc1. The van der Waals surface area contributed by atoms with Crippen LogP contribution in [0.15, 0.2) is 121 Å². The lowest BCUT2D eigenvalue weighted by atomic mass is 10.1. The molecule has 0 saturated carbocycles. The van der Waals surface area contributed by atoms with Crippen LogP contribution in [0.3, 0.4) is 0 Å². The number of benzene rings is 6. The van der Waals surface area contributed by atoms with E-state index in [0.29, 0.717) is 10.8 Å². The van der Waals surface area contributed by atoms with E-state index in [0.717, 1.165) is 35.4 Å². The summed E-state index contributed by atoms with van der Waals surface area (Å²) in [7, 11) is 0. The van der Waals surface area contributed by atoms with Gasteiger partial charge in [0.25, 0.3) is 0 Å². The van der Waals surface area contributed by atoms with Crippen molar-refractivity contribution in [3.8, 4) is 23.0 Å². The lowest BCUT2D eigenvalue weighted by Gasteiger charge is -2.10. The van der Waals surface area contributed by atoms with Gasteiger partial charge in [0.15, 0.2) is 0 Å². The number of carbonyl (C=O) groups excluding carboxylic acids is 4. The van der Waals surface area contributed by atoms with Crippen molar-refractivity contribution < 1.29 is 46.9 Å². The summed E-state index contributed by atoms with van der Waals surface area (Å²) in [6, 6.07) is 29.3. The fourth-order valence-electron chi connectivity index (χ4n) is 4.81. The third kappa shape index (κ3) is 7.71. The highest BCUT2D eigenvalue weighted by Crippen LogP contribution is 2.28. The van der Waals surface area contributed by atoms with Gasteiger partial charge in [-0.05, 0) is 97.4 Å². The summed E-state index contributed by atoms with van der Waals surface area (Å²) in [6.45, 7) is 3.74. The van der Waals surface area contributed by atoms with E-state index in [2.05, 4.69) is 0 Å². The molecule has 0 heterocycles. The van der Waals surface area contributed by atoms with Gasteiger partial charge in [-0.1, -0.05) is 47.5 Å². The van der Waals surface area contributed by atoms with Gasteiger partial charge in [-0.25, -0.2) is 28.0 Å². The van der Waals surface area contributed by atoms with Gasteiger partial charge in [-0.15, -0.1) is 0 Å². The van der Waals surface area contributed by atoms with Crippen molar-refractivity contribution in [2.75, 3.05) is 0 Å². The maximum atomic E-state index is 14.9. The molecule has 50 heavy (non-hydrogen) atoms. The van der Waals surface area contributed by atoms with Gasteiger partial charge in [0, 0.05) is 12.1 Å². The third-order valence-electron chi connectivity index (χ3n) is 7.52. The van der Waals surface area contributed by atoms with E-state index in [1.807, 2.05) is 13.8 Å². The van der Waals surface area contributed by atoms with Crippen LogP contribution in [0, 0.1) is 25.5 Å². The fraction of sp³-hybridized carbons (Fsp3) is 0.0500. The van der Waals surface area contributed by atoms with Crippen LogP contribution in [0.5, 0.6) is 23.0 Å². The molecule has 8 nitrogen and oxygen atoms in total. The third-order valence-corrected chi connectivity index (χ3v) is 7.52. The van der Waals surface area contributed by atoms with Crippen LogP contribution in [0.1, 0.15) is 52.6 Å². The molecule has 0 aliphatic heterocycles. The molecule has 0 aliphatic carbocycles. The average molecular weight is 673 g/mol. The number of esters is 4. The largest absolute Gasteiger partial charge is 0.423 e. The highest BCUT2D eigenvalue weighted by Gasteiger charge is 2.19. The van der Waals surface area contributed by atoms with E-state index in [4.69, 9.17) is 18.9 Å². The van der Waals surface area contributed by atoms with Crippen LogP contribution in [0.2, 0.25) is 0 Å². The van der Waals surface area contributed by atoms with Gasteiger partial charge >= 0.3 is 23.9 Å². The Morgan fingerprint density at radius 1 is 0.400 bits per heavy atom. The molecule has 6 aromatic rings. The molecule has 10 heteroatoms. The Bertz CT molecular complexity index is 2120. The molecule has 0 atom stereocenters. The predicted octanol–water partition coefficient (Wildman–Crippen LogP) is 8.61. The Morgan fingerprint density at radius 3 is 1.12 bits per heavy atom. The summed E-state index contributed by atoms with van der Waals surface area (Å²) in [5, 5.41) is 1.19. The second kappa shape index (κ2) is 14.2. The standard InChI is InChI=1S/C40H26F2O8/c1-23-3-7-26(8-4-23)37(43)47-31-15-17-33(35(41)21-31)39(45)49-29-13-11-25-12-14-30(20-28(25)19-29)50-40(46)34-18-16-32(22-36(34)42)48-38(44)27-9-5-24(2)6-10-27/h3-22H,1-2H3. The molecule has 6 aromatic carbocycles. The minimum absolute atomic E-state index is 0.0714. The number of halogens is 2. The number of hydrogen-bond acceptors (Lipinski definition) is 8. The first kappa shape index (κ1) is 33.2. The first-order chi connectivity index (χ1) is 24.0. The maximum absolute atomic E-state index is 14.9. The number of hydrogen-bond donors (Lipinski definition) is 0. The minimum Gasteiger partial charge on any atom is -0.423 e. The van der Waals surface area contributed by atoms with Crippen molar-refractivity contribution in [2.24, 2.45) is 0 Å².